The van der Waals surface area contributed by atoms with E-state index in [0.29, 0.717) is 12.2 Å². The number of ether oxygens (including phenoxy) is 1. The van der Waals surface area contributed by atoms with Crippen molar-refractivity contribution in [1.82, 2.24) is 4.98 Å². The summed E-state index contributed by atoms with van der Waals surface area (Å²) < 4.78 is 19.7. The van der Waals surface area contributed by atoms with Gasteiger partial charge < -0.3 is 9.84 Å². The van der Waals surface area contributed by atoms with Gasteiger partial charge in [0.15, 0.2) is 11.6 Å². The summed E-state index contributed by atoms with van der Waals surface area (Å²) in [5, 5.41) is 9.43. The Labute approximate surface area is 165 Å². The van der Waals surface area contributed by atoms with Gasteiger partial charge in [-0.15, -0.1) is 0 Å². The number of phenolic OH excluding ortho intramolecular Hbond substituents is 1. The maximum Gasteiger partial charge on any atom is 0.165 e. The normalized spacial score (nSPS) is 16.9. The second-order valence-electron chi connectivity index (χ2n) is 6.97. The third-order valence-corrected chi connectivity index (χ3v) is 4.89. The summed E-state index contributed by atoms with van der Waals surface area (Å²) in [7, 11) is 0. The molecular weight excluding hydrogens is 353 g/mol. The minimum absolute atomic E-state index is 0.0303. The Kier molecular flexibility index (Phi) is 6.77. The molecular formula is C24H26FNO2. The molecule has 1 aromatic heterocycles. The predicted octanol–water partition coefficient (Wildman–Crippen LogP) is 5.93. The van der Waals surface area contributed by atoms with Gasteiger partial charge in [0, 0.05) is 6.20 Å². The van der Waals surface area contributed by atoms with Crippen molar-refractivity contribution >= 4 is 11.6 Å². The zero-order valence-electron chi connectivity index (χ0n) is 16.2. The van der Waals surface area contributed by atoms with Crippen LogP contribution in [0.2, 0.25) is 0 Å². The van der Waals surface area contributed by atoms with E-state index in [1.54, 1.807) is 12.3 Å². The van der Waals surface area contributed by atoms with Gasteiger partial charge in [-0.05, 0) is 71.9 Å². The number of pyridine rings is 1. The Hall–Kier alpha value is -2.72. The van der Waals surface area contributed by atoms with E-state index in [2.05, 4.69) is 24.6 Å². The van der Waals surface area contributed by atoms with Crippen molar-refractivity contribution in [3.8, 4) is 5.75 Å². The van der Waals surface area contributed by atoms with Crippen LogP contribution in [0.5, 0.6) is 5.75 Å². The van der Waals surface area contributed by atoms with Crippen molar-refractivity contribution in [2.24, 2.45) is 0 Å². The van der Waals surface area contributed by atoms with Crippen LogP contribution in [-0.4, -0.2) is 22.8 Å². The zero-order chi connectivity index (χ0) is 19.9. The minimum Gasteiger partial charge on any atom is -0.505 e. The molecule has 1 aliphatic rings. The Morgan fingerprint density at radius 3 is 2.89 bits per heavy atom. The maximum atomic E-state index is 13.7. The third kappa shape index (κ3) is 4.96. The number of phenols is 1. The van der Waals surface area contributed by atoms with E-state index in [-0.39, 0.29) is 11.9 Å². The molecule has 4 heteroatoms. The molecule has 146 valence electrons. The number of hydrogen-bond donors (Lipinski definition) is 1. The molecule has 0 radical (unpaired) electrons. The molecule has 1 aliphatic heterocycles. The number of aromatic nitrogens is 1. The van der Waals surface area contributed by atoms with Crippen molar-refractivity contribution in [3.63, 3.8) is 0 Å². The molecule has 0 spiro atoms. The molecule has 3 nitrogen and oxygen atoms in total. The Morgan fingerprint density at radius 1 is 1.32 bits per heavy atom. The SMILES string of the molecule is C=C(CCC)C1=CCOC1CC/C(=C/c1ccc(O)c(F)c1)c1ccccn1. The second kappa shape index (κ2) is 9.47. The van der Waals surface area contributed by atoms with Gasteiger partial charge in [0.05, 0.1) is 18.4 Å². The number of rotatable bonds is 8. The van der Waals surface area contributed by atoms with Crippen LogP contribution < -0.4 is 0 Å². The standard InChI is InChI=1S/C24H26FNO2/c1-3-6-17(2)20-12-14-28-24(20)11-9-19(22-7-4-5-13-26-22)15-18-8-10-23(27)21(25)16-18/h4-5,7-8,10,12-13,15-16,24,27H,2-3,6,9,11,14H2,1H3/b19-15-. The van der Waals surface area contributed by atoms with E-state index in [1.807, 2.05) is 24.3 Å². The van der Waals surface area contributed by atoms with Gasteiger partial charge in [-0.2, -0.15) is 0 Å². The minimum atomic E-state index is -0.630. The van der Waals surface area contributed by atoms with Crippen LogP contribution in [0.1, 0.15) is 43.9 Å². The summed E-state index contributed by atoms with van der Waals surface area (Å²) in [5.74, 6) is -0.977. The number of benzene rings is 1. The molecule has 2 aromatic rings. The molecule has 3 rings (SSSR count). The van der Waals surface area contributed by atoms with Crippen LogP contribution in [0.25, 0.3) is 11.6 Å². The highest BCUT2D eigenvalue weighted by molar-refractivity contribution is 5.80. The van der Waals surface area contributed by atoms with E-state index >= 15 is 0 Å². The number of nitrogens with zero attached hydrogens (tertiary/aromatic N) is 1. The third-order valence-electron chi connectivity index (χ3n) is 4.89. The number of halogens is 1. The van der Waals surface area contributed by atoms with Gasteiger partial charge in [-0.25, -0.2) is 4.39 Å². The van der Waals surface area contributed by atoms with Crippen molar-refractivity contribution in [2.75, 3.05) is 6.61 Å². The lowest BCUT2D eigenvalue weighted by atomic mass is 9.93. The van der Waals surface area contributed by atoms with Crippen molar-refractivity contribution in [1.29, 1.82) is 0 Å². The molecule has 1 atom stereocenters. The van der Waals surface area contributed by atoms with Crippen molar-refractivity contribution in [2.45, 2.75) is 38.7 Å². The predicted molar refractivity (Wildman–Crippen MR) is 111 cm³/mol. The molecule has 0 bridgehead atoms. The highest BCUT2D eigenvalue weighted by atomic mass is 19.1. The van der Waals surface area contributed by atoms with Gasteiger partial charge in [0.2, 0.25) is 0 Å². The van der Waals surface area contributed by atoms with Crippen molar-refractivity contribution < 1.29 is 14.2 Å². The summed E-state index contributed by atoms with van der Waals surface area (Å²) in [6.07, 6.45) is 9.41. The molecule has 2 heterocycles. The second-order valence-corrected chi connectivity index (χ2v) is 6.97. The van der Waals surface area contributed by atoms with Gasteiger partial charge >= 0.3 is 0 Å². The monoisotopic (exact) mass is 379 g/mol. The Morgan fingerprint density at radius 2 is 2.18 bits per heavy atom. The smallest absolute Gasteiger partial charge is 0.165 e. The highest BCUT2D eigenvalue weighted by Crippen LogP contribution is 2.31. The molecule has 1 N–H and O–H groups in total. The molecule has 0 saturated carbocycles. The first kappa shape index (κ1) is 20.0. The topological polar surface area (TPSA) is 42.4 Å². The van der Waals surface area contributed by atoms with Crippen molar-refractivity contribution in [3.05, 3.63) is 83.5 Å². The number of hydrogen-bond acceptors (Lipinski definition) is 3. The molecule has 0 fully saturated rings. The van der Waals surface area contributed by atoms with Crippen LogP contribution in [0, 0.1) is 5.82 Å². The van der Waals surface area contributed by atoms with E-state index in [4.69, 9.17) is 4.74 Å². The Balaban J connectivity index is 1.80. The van der Waals surface area contributed by atoms with E-state index in [0.717, 1.165) is 42.5 Å². The lowest BCUT2D eigenvalue weighted by Crippen LogP contribution is -2.12. The summed E-state index contributed by atoms with van der Waals surface area (Å²) in [4.78, 5) is 4.46. The maximum absolute atomic E-state index is 13.7. The number of aromatic hydroxyl groups is 1. The largest absolute Gasteiger partial charge is 0.505 e. The lowest BCUT2D eigenvalue weighted by molar-refractivity contribution is 0.117. The first-order chi connectivity index (χ1) is 13.6. The summed E-state index contributed by atoms with van der Waals surface area (Å²) in [5.41, 5.74) is 4.90. The van der Waals surface area contributed by atoms with Gasteiger partial charge in [0.1, 0.15) is 0 Å². The average Bonchev–Trinajstić information content (AvgIpc) is 3.17. The molecule has 0 saturated heterocycles. The lowest BCUT2D eigenvalue weighted by Gasteiger charge is -2.17. The first-order valence-electron chi connectivity index (χ1n) is 9.68. The van der Waals surface area contributed by atoms with Crippen LogP contribution in [0.4, 0.5) is 4.39 Å². The molecule has 0 aliphatic carbocycles. The van der Waals surface area contributed by atoms with E-state index < -0.39 is 5.82 Å². The van der Waals surface area contributed by atoms with Crippen LogP contribution in [0.3, 0.4) is 0 Å². The zero-order valence-corrected chi connectivity index (χ0v) is 16.2. The van der Waals surface area contributed by atoms with Gasteiger partial charge in [-0.3, -0.25) is 4.98 Å². The molecule has 1 unspecified atom stereocenters. The van der Waals surface area contributed by atoms with Gasteiger partial charge in [0.25, 0.3) is 0 Å². The number of allylic oxidation sites excluding steroid dienone is 1. The molecule has 1 aromatic carbocycles. The first-order valence-corrected chi connectivity index (χ1v) is 9.68. The van der Waals surface area contributed by atoms with Crippen LogP contribution >= 0.6 is 0 Å². The van der Waals surface area contributed by atoms with E-state index in [9.17, 15) is 9.50 Å². The summed E-state index contributed by atoms with van der Waals surface area (Å²) >= 11 is 0. The summed E-state index contributed by atoms with van der Waals surface area (Å²) in [6, 6.07) is 10.2. The quantitative estimate of drug-likeness (QED) is 0.618. The van der Waals surface area contributed by atoms with Crippen LogP contribution in [0.15, 0.2) is 66.4 Å². The van der Waals surface area contributed by atoms with Gasteiger partial charge in [-0.1, -0.05) is 38.1 Å². The Bertz CT molecular complexity index is 887. The molecule has 28 heavy (non-hydrogen) atoms. The molecule has 0 amide bonds. The van der Waals surface area contributed by atoms with Crippen LogP contribution in [-0.2, 0) is 4.74 Å². The van der Waals surface area contributed by atoms with E-state index in [1.165, 1.54) is 17.7 Å². The fourth-order valence-electron chi connectivity index (χ4n) is 3.46. The fourth-order valence-corrected chi connectivity index (χ4v) is 3.46. The fraction of sp³-hybridized carbons (Fsp3) is 0.292. The highest BCUT2D eigenvalue weighted by Gasteiger charge is 2.22. The summed E-state index contributed by atoms with van der Waals surface area (Å²) in [6.45, 7) is 6.97. The average molecular weight is 379 g/mol.